The summed E-state index contributed by atoms with van der Waals surface area (Å²) in [6, 6.07) is 0. The minimum absolute atomic E-state index is 0.172. The first kappa shape index (κ1) is 15.8. The molecule has 1 saturated carbocycles. The van der Waals surface area contributed by atoms with Gasteiger partial charge in [0.15, 0.2) is 0 Å². The van der Waals surface area contributed by atoms with E-state index in [0.717, 1.165) is 19.3 Å². The molecule has 1 N–H and O–H groups in total. The Hall–Kier alpha value is -1.26. The lowest BCUT2D eigenvalue weighted by molar-refractivity contribution is -0.142. The molecule has 2 atom stereocenters. The second kappa shape index (κ2) is 6.78. The van der Waals surface area contributed by atoms with Crippen molar-refractivity contribution in [1.29, 1.82) is 0 Å². The average Bonchev–Trinajstić information content (AvgIpc) is 2.71. The molecule has 1 aliphatic rings. The monoisotopic (exact) mass is 271 g/mol. The van der Waals surface area contributed by atoms with Gasteiger partial charge in [-0.15, -0.1) is 0 Å². The zero-order valence-corrected chi connectivity index (χ0v) is 12.3. The first-order valence-corrected chi connectivity index (χ1v) is 6.85. The molecule has 0 spiro atoms. The third-order valence-electron chi connectivity index (χ3n) is 3.38. The molecule has 0 aromatic carbocycles. The van der Waals surface area contributed by atoms with Crippen LogP contribution in [0.25, 0.3) is 0 Å². The Morgan fingerprint density at radius 1 is 1.21 bits per heavy atom. The summed E-state index contributed by atoms with van der Waals surface area (Å²) in [5, 5.41) is 2.79. The van der Waals surface area contributed by atoms with Gasteiger partial charge in [-0.2, -0.15) is 0 Å². The Morgan fingerprint density at radius 3 is 2.42 bits per heavy atom. The molecule has 0 aromatic rings. The van der Waals surface area contributed by atoms with Crippen LogP contribution in [0.1, 0.15) is 46.5 Å². The Kier molecular flexibility index (Phi) is 5.63. The molecule has 0 aromatic heterocycles. The molecule has 5 heteroatoms. The fraction of sp³-hybridized carbons (Fsp3) is 0.857. The van der Waals surface area contributed by atoms with Crippen molar-refractivity contribution in [2.75, 3.05) is 13.7 Å². The highest BCUT2D eigenvalue weighted by Crippen LogP contribution is 2.33. The number of nitrogens with one attached hydrogen (secondary N) is 1. The number of ether oxygens (including phenoxy) is 2. The summed E-state index contributed by atoms with van der Waals surface area (Å²) < 4.78 is 9.89. The standard InChI is InChI=1S/C14H25NO4/c1-14(2,3)19-13(17)15-9-11-7-5-6-10(11)8-12(16)18-4/h10-11H,5-9H2,1-4H3,(H,15,17)/t10-,11-/m0/s1. The fourth-order valence-corrected chi connectivity index (χ4v) is 2.48. The number of hydrogen-bond acceptors (Lipinski definition) is 4. The predicted octanol–water partition coefficient (Wildman–Crippen LogP) is 2.49. The molecule has 0 heterocycles. The van der Waals surface area contributed by atoms with E-state index in [1.165, 1.54) is 7.11 Å². The van der Waals surface area contributed by atoms with E-state index in [9.17, 15) is 9.59 Å². The van der Waals surface area contributed by atoms with Gasteiger partial charge in [0.05, 0.1) is 7.11 Å². The van der Waals surface area contributed by atoms with Crippen LogP contribution < -0.4 is 5.32 Å². The highest BCUT2D eigenvalue weighted by Gasteiger charge is 2.30. The van der Waals surface area contributed by atoms with Crippen molar-refractivity contribution in [2.45, 2.75) is 52.1 Å². The van der Waals surface area contributed by atoms with Gasteiger partial charge in [-0.1, -0.05) is 6.42 Å². The zero-order chi connectivity index (χ0) is 14.5. The summed E-state index contributed by atoms with van der Waals surface area (Å²) in [6.45, 7) is 6.07. The van der Waals surface area contributed by atoms with Gasteiger partial charge < -0.3 is 14.8 Å². The van der Waals surface area contributed by atoms with Gasteiger partial charge in [0.2, 0.25) is 0 Å². The highest BCUT2D eigenvalue weighted by molar-refractivity contribution is 5.69. The van der Waals surface area contributed by atoms with Gasteiger partial charge in [-0.25, -0.2) is 4.79 Å². The number of carbonyl (C=O) groups is 2. The molecule has 0 radical (unpaired) electrons. The quantitative estimate of drug-likeness (QED) is 0.798. The molecule has 1 rings (SSSR count). The summed E-state index contributed by atoms with van der Waals surface area (Å²) in [5.74, 6) is 0.475. The van der Waals surface area contributed by atoms with Crippen LogP contribution in [0.15, 0.2) is 0 Å². The largest absolute Gasteiger partial charge is 0.469 e. The predicted molar refractivity (Wildman–Crippen MR) is 71.7 cm³/mol. The van der Waals surface area contributed by atoms with Crippen molar-refractivity contribution in [3.05, 3.63) is 0 Å². The van der Waals surface area contributed by atoms with E-state index in [0.29, 0.717) is 24.8 Å². The molecule has 1 amide bonds. The van der Waals surface area contributed by atoms with Crippen molar-refractivity contribution in [3.63, 3.8) is 0 Å². The number of rotatable bonds is 4. The Bertz CT molecular complexity index is 322. The Morgan fingerprint density at radius 2 is 1.84 bits per heavy atom. The van der Waals surface area contributed by atoms with Crippen LogP contribution in [-0.2, 0) is 14.3 Å². The molecule has 0 saturated heterocycles. The molecule has 1 fully saturated rings. The SMILES string of the molecule is COC(=O)C[C@@H]1CCC[C@H]1CNC(=O)OC(C)(C)C. The summed E-state index contributed by atoms with van der Waals surface area (Å²) in [7, 11) is 1.41. The number of amides is 1. The molecular weight excluding hydrogens is 246 g/mol. The normalized spacial score (nSPS) is 22.9. The molecule has 1 aliphatic carbocycles. The first-order valence-electron chi connectivity index (χ1n) is 6.85. The number of carbonyl (C=O) groups excluding carboxylic acids is 2. The smallest absolute Gasteiger partial charge is 0.407 e. The minimum Gasteiger partial charge on any atom is -0.469 e. The number of methoxy groups -OCH3 is 1. The van der Waals surface area contributed by atoms with Crippen molar-refractivity contribution in [2.24, 2.45) is 11.8 Å². The van der Waals surface area contributed by atoms with E-state index >= 15 is 0 Å². The van der Waals surface area contributed by atoms with Gasteiger partial charge in [-0.05, 0) is 45.4 Å². The van der Waals surface area contributed by atoms with Crippen molar-refractivity contribution in [1.82, 2.24) is 5.32 Å². The van der Waals surface area contributed by atoms with Crippen molar-refractivity contribution >= 4 is 12.1 Å². The van der Waals surface area contributed by atoms with Gasteiger partial charge in [-0.3, -0.25) is 4.79 Å². The van der Waals surface area contributed by atoms with E-state index in [-0.39, 0.29) is 5.97 Å². The maximum absolute atomic E-state index is 11.6. The molecule has 19 heavy (non-hydrogen) atoms. The lowest BCUT2D eigenvalue weighted by Gasteiger charge is -2.22. The van der Waals surface area contributed by atoms with E-state index in [1.54, 1.807) is 0 Å². The first-order chi connectivity index (χ1) is 8.81. The second-order valence-corrected chi connectivity index (χ2v) is 6.11. The number of hydrogen-bond donors (Lipinski definition) is 1. The van der Waals surface area contributed by atoms with Crippen LogP contribution in [-0.4, -0.2) is 31.3 Å². The lowest BCUT2D eigenvalue weighted by atomic mass is 9.93. The third-order valence-corrected chi connectivity index (χ3v) is 3.38. The van der Waals surface area contributed by atoms with E-state index in [4.69, 9.17) is 9.47 Å². The van der Waals surface area contributed by atoms with Crippen molar-refractivity contribution < 1.29 is 19.1 Å². The number of alkyl carbamates (subject to hydrolysis) is 1. The maximum Gasteiger partial charge on any atom is 0.407 e. The minimum atomic E-state index is -0.481. The topological polar surface area (TPSA) is 64.6 Å². The molecular formula is C14H25NO4. The third kappa shape index (κ3) is 5.94. The summed E-state index contributed by atoms with van der Waals surface area (Å²) >= 11 is 0. The summed E-state index contributed by atoms with van der Waals surface area (Å²) in [4.78, 5) is 22.9. The summed E-state index contributed by atoms with van der Waals surface area (Å²) in [6.07, 6.45) is 3.21. The van der Waals surface area contributed by atoms with Crippen LogP contribution in [0.4, 0.5) is 4.79 Å². The maximum atomic E-state index is 11.6. The van der Waals surface area contributed by atoms with Gasteiger partial charge in [0.25, 0.3) is 0 Å². The average molecular weight is 271 g/mol. The van der Waals surface area contributed by atoms with Gasteiger partial charge in [0, 0.05) is 13.0 Å². The molecule has 0 aliphatic heterocycles. The van der Waals surface area contributed by atoms with Gasteiger partial charge in [0.1, 0.15) is 5.60 Å². The number of esters is 1. The van der Waals surface area contributed by atoms with Crippen LogP contribution >= 0.6 is 0 Å². The Balaban J connectivity index is 2.35. The molecule has 0 unspecified atom stereocenters. The summed E-state index contributed by atoms with van der Waals surface area (Å²) in [5.41, 5.74) is -0.481. The highest BCUT2D eigenvalue weighted by atomic mass is 16.6. The van der Waals surface area contributed by atoms with E-state index in [1.807, 2.05) is 20.8 Å². The molecule has 110 valence electrons. The van der Waals surface area contributed by atoms with Crippen LogP contribution in [0.2, 0.25) is 0 Å². The molecule has 5 nitrogen and oxygen atoms in total. The zero-order valence-electron chi connectivity index (χ0n) is 12.3. The van der Waals surface area contributed by atoms with Crippen LogP contribution in [0.3, 0.4) is 0 Å². The van der Waals surface area contributed by atoms with Crippen LogP contribution in [0.5, 0.6) is 0 Å². The lowest BCUT2D eigenvalue weighted by Crippen LogP contribution is -2.36. The van der Waals surface area contributed by atoms with Crippen LogP contribution in [0, 0.1) is 11.8 Å². The van der Waals surface area contributed by atoms with E-state index in [2.05, 4.69) is 5.32 Å². The molecule has 0 bridgehead atoms. The fourth-order valence-electron chi connectivity index (χ4n) is 2.48. The van der Waals surface area contributed by atoms with E-state index < -0.39 is 11.7 Å². The second-order valence-electron chi connectivity index (χ2n) is 6.11. The van der Waals surface area contributed by atoms with Gasteiger partial charge >= 0.3 is 12.1 Å². The Labute approximate surface area is 115 Å². The van der Waals surface area contributed by atoms with Crippen molar-refractivity contribution in [3.8, 4) is 0 Å².